The maximum Gasteiger partial charge on any atom is 0.254 e. The van der Waals surface area contributed by atoms with Crippen LogP contribution in [0.15, 0.2) is 30.3 Å². The molecule has 5 rings (SSSR count). The smallest absolute Gasteiger partial charge is 0.254 e. The van der Waals surface area contributed by atoms with E-state index in [9.17, 15) is 4.79 Å². The first-order valence-corrected chi connectivity index (χ1v) is 10.9. The topological polar surface area (TPSA) is 78.1 Å². The number of hydrogen-bond donors (Lipinski definition) is 0. The van der Waals surface area contributed by atoms with E-state index in [0.717, 1.165) is 60.5 Å². The lowest BCUT2D eigenvalue weighted by Gasteiger charge is -2.35. The highest BCUT2D eigenvalue weighted by molar-refractivity contribution is 6.06. The summed E-state index contributed by atoms with van der Waals surface area (Å²) in [5.41, 5.74) is 5.31. The van der Waals surface area contributed by atoms with Gasteiger partial charge in [-0.2, -0.15) is 10.4 Å². The number of hydrogen-bond acceptors (Lipinski definition) is 5. The molecule has 7 nitrogen and oxygen atoms in total. The molecule has 1 aromatic carbocycles. The molecule has 3 aromatic rings. The molecule has 1 aliphatic heterocycles. The lowest BCUT2D eigenvalue weighted by molar-refractivity contribution is 0.0630. The number of pyridine rings is 1. The van der Waals surface area contributed by atoms with Crippen LogP contribution in [0.5, 0.6) is 0 Å². The van der Waals surface area contributed by atoms with Crippen LogP contribution in [0.4, 0.5) is 0 Å². The molecule has 1 saturated heterocycles. The highest BCUT2D eigenvalue weighted by Crippen LogP contribution is 2.40. The van der Waals surface area contributed by atoms with Gasteiger partial charge in [0, 0.05) is 51.4 Å². The second-order valence-corrected chi connectivity index (χ2v) is 8.65. The fraction of sp³-hybridized carbons (Fsp3) is 0.417. The van der Waals surface area contributed by atoms with Gasteiger partial charge in [-0.05, 0) is 43.5 Å². The van der Waals surface area contributed by atoms with Gasteiger partial charge in [0.2, 0.25) is 0 Å². The van der Waals surface area contributed by atoms with Gasteiger partial charge in [0.25, 0.3) is 5.91 Å². The van der Waals surface area contributed by atoms with Crippen molar-refractivity contribution in [1.82, 2.24) is 24.6 Å². The summed E-state index contributed by atoms with van der Waals surface area (Å²) in [5, 5.41) is 14.4. The molecule has 1 saturated carbocycles. The number of nitriles is 1. The zero-order valence-electron chi connectivity index (χ0n) is 18.0. The summed E-state index contributed by atoms with van der Waals surface area (Å²) in [5.74, 6) is 0.568. The maximum atomic E-state index is 13.5. The number of carbonyl (C=O) groups is 1. The van der Waals surface area contributed by atoms with E-state index >= 15 is 0 Å². The van der Waals surface area contributed by atoms with Crippen molar-refractivity contribution < 1.29 is 4.79 Å². The standard InChI is InChI=1S/C24H26N6O/c1-16-22-20(13-21(19-7-8-19)26-23(22)28(2)27-16)24(31)30-11-9-29(10-12-30)15-18-5-3-17(14-25)4-6-18/h3-6,13,19H,7-12,15H2,1-2H3. The first-order valence-electron chi connectivity index (χ1n) is 10.9. The van der Waals surface area contributed by atoms with E-state index in [1.807, 2.05) is 49.2 Å². The van der Waals surface area contributed by atoms with Crippen LogP contribution < -0.4 is 0 Å². The minimum Gasteiger partial charge on any atom is -0.336 e. The quantitative estimate of drug-likeness (QED) is 0.656. The third-order valence-electron chi connectivity index (χ3n) is 6.36. The van der Waals surface area contributed by atoms with E-state index < -0.39 is 0 Å². The average molecular weight is 415 g/mol. The highest BCUT2D eigenvalue weighted by Gasteiger charge is 2.30. The normalized spacial score (nSPS) is 17.1. The van der Waals surface area contributed by atoms with Gasteiger partial charge in [0.1, 0.15) is 0 Å². The highest BCUT2D eigenvalue weighted by atomic mass is 16.2. The second-order valence-electron chi connectivity index (χ2n) is 8.65. The van der Waals surface area contributed by atoms with Gasteiger partial charge < -0.3 is 4.90 Å². The van der Waals surface area contributed by atoms with E-state index in [1.165, 1.54) is 5.56 Å². The Labute approximate surface area is 181 Å². The molecule has 0 atom stereocenters. The fourth-order valence-electron chi connectivity index (χ4n) is 4.44. The molecule has 158 valence electrons. The summed E-state index contributed by atoms with van der Waals surface area (Å²) in [6.45, 7) is 5.87. The Morgan fingerprint density at radius 2 is 1.87 bits per heavy atom. The van der Waals surface area contributed by atoms with E-state index in [2.05, 4.69) is 16.1 Å². The van der Waals surface area contributed by atoms with Crippen molar-refractivity contribution in [3.05, 3.63) is 58.4 Å². The number of fused-ring (bicyclic) bond motifs is 1. The summed E-state index contributed by atoms with van der Waals surface area (Å²) in [6, 6.07) is 11.9. The molecule has 0 radical (unpaired) electrons. The Kier molecular flexibility index (Phi) is 4.95. The minimum atomic E-state index is 0.0865. The summed E-state index contributed by atoms with van der Waals surface area (Å²) in [7, 11) is 1.90. The van der Waals surface area contributed by atoms with Crippen LogP contribution in [0.3, 0.4) is 0 Å². The third kappa shape index (κ3) is 3.79. The Balaban J connectivity index is 1.32. The van der Waals surface area contributed by atoms with Gasteiger partial charge in [-0.25, -0.2) is 4.98 Å². The van der Waals surface area contributed by atoms with E-state index in [0.29, 0.717) is 24.6 Å². The minimum absolute atomic E-state index is 0.0865. The van der Waals surface area contributed by atoms with E-state index in [-0.39, 0.29) is 5.91 Å². The average Bonchev–Trinajstić information content (AvgIpc) is 3.60. The number of carbonyl (C=O) groups excluding carboxylic acids is 1. The molecule has 0 unspecified atom stereocenters. The zero-order valence-corrected chi connectivity index (χ0v) is 18.0. The molecular weight excluding hydrogens is 388 g/mol. The van der Waals surface area contributed by atoms with Crippen LogP contribution >= 0.6 is 0 Å². The SMILES string of the molecule is Cc1nn(C)c2nc(C3CC3)cc(C(=O)N3CCN(Cc4ccc(C#N)cc4)CC3)c12. The molecule has 2 fully saturated rings. The number of aryl methyl sites for hydroxylation is 2. The molecule has 0 bridgehead atoms. The number of aromatic nitrogens is 3. The van der Waals surface area contributed by atoms with Gasteiger partial charge >= 0.3 is 0 Å². The summed E-state index contributed by atoms with van der Waals surface area (Å²) in [6.07, 6.45) is 2.30. The van der Waals surface area contributed by atoms with Crippen molar-refractivity contribution >= 4 is 16.9 Å². The van der Waals surface area contributed by atoms with Crippen molar-refractivity contribution in [3.8, 4) is 6.07 Å². The largest absolute Gasteiger partial charge is 0.336 e. The predicted molar refractivity (Wildman–Crippen MR) is 118 cm³/mol. The first-order chi connectivity index (χ1) is 15.0. The second kappa shape index (κ2) is 7.78. The van der Waals surface area contributed by atoms with Crippen molar-refractivity contribution in [2.24, 2.45) is 7.05 Å². The monoisotopic (exact) mass is 414 g/mol. The van der Waals surface area contributed by atoms with Gasteiger partial charge in [0.15, 0.2) is 5.65 Å². The van der Waals surface area contributed by atoms with Crippen molar-refractivity contribution in [1.29, 1.82) is 5.26 Å². The molecule has 0 spiro atoms. The molecule has 3 heterocycles. The lowest BCUT2D eigenvalue weighted by Crippen LogP contribution is -2.48. The van der Waals surface area contributed by atoms with Crippen LogP contribution in [-0.2, 0) is 13.6 Å². The first kappa shape index (κ1) is 19.7. The van der Waals surface area contributed by atoms with E-state index in [4.69, 9.17) is 10.2 Å². The molecule has 1 amide bonds. The Hall–Kier alpha value is -3.24. The molecule has 2 aromatic heterocycles. The maximum absolute atomic E-state index is 13.5. The Morgan fingerprint density at radius 3 is 2.52 bits per heavy atom. The molecule has 7 heteroatoms. The van der Waals surface area contributed by atoms with Crippen LogP contribution in [0.2, 0.25) is 0 Å². The fourth-order valence-corrected chi connectivity index (χ4v) is 4.44. The third-order valence-corrected chi connectivity index (χ3v) is 6.36. The number of amides is 1. The molecule has 31 heavy (non-hydrogen) atoms. The predicted octanol–water partition coefficient (Wildman–Crippen LogP) is 2.98. The van der Waals surface area contributed by atoms with Crippen molar-refractivity contribution in [3.63, 3.8) is 0 Å². The van der Waals surface area contributed by atoms with Gasteiger partial charge in [-0.15, -0.1) is 0 Å². The van der Waals surface area contributed by atoms with Crippen molar-refractivity contribution in [2.75, 3.05) is 26.2 Å². The van der Waals surface area contributed by atoms with Gasteiger partial charge in [-0.1, -0.05) is 12.1 Å². The van der Waals surface area contributed by atoms with Gasteiger partial charge in [0.05, 0.1) is 28.3 Å². The Morgan fingerprint density at radius 1 is 1.16 bits per heavy atom. The van der Waals surface area contributed by atoms with Crippen LogP contribution in [0.1, 0.15) is 51.6 Å². The van der Waals surface area contributed by atoms with Crippen LogP contribution in [0, 0.1) is 18.3 Å². The lowest BCUT2D eigenvalue weighted by atomic mass is 10.1. The van der Waals surface area contributed by atoms with Crippen molar-refractivity contribution in [2.45, 2.75) is 32.2 Å². The zero-order chi connectivity index (χ0) is 21.5. The molecule has 0 N–H and O–H groups in total. The molecular formula is C24H26N6O. The summed E-state index contributed by atoms with van der Waals surface area (Å²) in [4.78, 5) is 22.7. The number of piperazine rings is 1. The van der Waals surface area contributed by atoms with Crippen LogP contribution in [-0.4, -0.2) is 56.7 Å². The summed E-state index contributed by atoms with van der Waals surface area (Å²) < 4.78 is 1.79. The number of benzene rings is 1. The number of rotatable bonds is 4. The van der Waals surface area contributed by atoms with E-state index in [1.54, 1.807) is 4.68 Å². The van der Waals surface area contributed by atoms with Crippen LogP contribution in [0.25, 0.3) is 11.0 Å². The molecule has 2 aliphatic rings. The summed E-state index contributed by atoms with van der Waals surface area (Å²) >= 11 is 0. The number of nitrogens with zero attached hydrogens (tertiary/aromatic N) is 6. The molecule has 1 aliphatic carbocycles. The van der Waals surface area contributed by atoms with Gasteiger partial charge in [-0.3, -0.25) is 14.4 Å². The Bertz CT molecular complexity index is 1180.